The Kier molecular flexibility index (Phi) is 6.61. The van der Waals surface area contributed by atoms with Crippen LogP contribution in [0.5, 0.6) is 0 Å². The van der Waals surface area contributed by atoms with Crippen LogP contribution in [-0.2, 0) is 0 Å². The Labute approximate surface area is 124 Å². The highest BCUT2D eigenvalue weighted by Gasteiger charge is 2.12. The van der Waals surface area contributed by atoms with E-state index in [0.717, 1.165) is 5.69 Å². The Hall–Kier alpha value is -1.46. The Bertz CT molecular complexity index is 452. The van der Waals surface area contributed by atoms with Gasteiger partial charge in [-0.3, -0.25) is 0 Å². The number of rotatable bonds is 6. The highest BCUT2D eigenvalue weighted by molar-refractivity contribution is 6.34. The van der Waals surface area contributed by atoms with Crippen LogP contribution in [0.4, 0.5) is 16.2 Å². The second-order valence-corrected chi connectivity index (χ2v) is 5.39. The van der Waals surface area contributed by atoms with Crippen molar-refractivity contribution in [3.05, 3.63) is 23.2 Å². The van der Waals surface area contributed by atoms with E-state index in [0.29, 0.717) is 23.7 Å². The molecule has 0 spiro atoms. The number of halogens is 1. The van der Waals surface area contributed by atoms with Crippen LogP contribution in [0.15, 0.2) is 18.2 Å². The predicted octanol–water partition coefficient (Wildman–Crippen LogP) is 2.55. The van der Waals surface area contributed by atoms with Gasteiger partial charge in [0.2, 0.25) is 0 Å². The largest absolute Gasteiger partial charge is 0.396 e. The van der Waals surface area contributed by atoms with Gasteiger partial charge in [0.1, 0.15) is 0 Å². The monoisotopic (exact) mass is 299 g/mol. The lowest BCUT2D eigenvalue weighted by Gasteiger charge is -2.20. The van der Waals surface area contributed by atoms with Crippen molar-refractivity contribution >= 4 is 29.0 Å². The second-order valence-electron chi connectivity index (χ2n) is 4.98. The molecule has 112 valence electrons. The lowest BCUT2D eigenvalue weighted by atomic mass is 10.1. The van der Waals surface area contributed by atoms with Gasteiger partial charge in [-0.15, -0.1) is 0 Å². The molecular weight excluding hydrogens is 278 g/mol. The van der Waals surface area contributed by atoms with E-state index in [4.69, 9.17) is 16.7 Å². The molecule has 1 unspecified atom stereocenters. The van der Waals surface area contributed by atoms with E-state index in [9.17, 15) is 4.79 Å². The van der Waals surface area contributed by atoms with Crippen molar-refractivity contribution < 1.29 is 9.90 Å². The number of hydrogen-bond acceptors (Lipinski definition) is 3. The fourth-order valence-electron chi connectivity index (χ4n) is 1.83. The summed E-state index contributed by atoms with van der Waals surface area (Å²) in [5, 5.41) is 15.0. The molecule has 0 aliphatic carbocycles. The lowest BCUT2D eigenvalue weighted by Crippen LogP contribution is -2.33. The zero-order valence-corrected chi connectivity index (χ0v) is 12.9. The molecule has 0 fully saturated rings. The number of carbonyl (C=O) groups excluding carboxylic acids is 1. The highest BCUT2D eigenvalue weighted by Crippen LogP contribution is 2.32. The minimum atomic E-state index is -0.278. The molecule has 6 heteroatoms. The fraction of sp³-hybridized carbons (Fsp3) is 0.500. The van der Waals surface area contributed by atoms with Crippen LogP contribution in [-0.4, -0.2) is 38.4 Å². The predicted molar refractivity (Wildman–Crippen MR) is 83.7 cm³/mol. The van der Waals surface area contributed by atoms with Crippen molar-refractivity contribution in [3.63, 3.8) is 0 Å². The van der Waals surface area contributed by atoms with E-state index in [1.165, 1.54) is 0 Å². The number of hydrogen-bond donors (Lipinski definition) is 3. The molecule has 1 rings (SSSR count). The topological polar surface area (TPSA) is 64.6 Å². The van der Waals surface area contributed by atoms with Gasteiger partial charge in [0, 0.05) is 27.2 Å². The SMILES string of the molecule is CC(CCO)CNC(=O)Nc1cccc(Cl)c1N(C)C. The van der Waals surface area contributed by atoms with Gasteiger partial charge in [0.15, 0.2) is 0 Å². The zero-order chi connectivity index (χ0) is 15.1. The molecule has 1 atom stereocenters. The maximum atomic E-state index is 11.9. The van der Waals surface area contributed by atoms with E-state index in [-0.39, 0.29) is 18.6 Å². The summed E-state index contributed by atoms with van der Waals surface area (Å²) >= 11 is 6.14. The molecule has 20 heavy (non-hydrogen) atoms. The number of para-hydroxylation sites is 1. The Balaban J connectivity index is 2.64. The molecule has 5 nitrogen and oxygen atoms in total. The van der Waals surface area contributed by atoms with Crippen LogP contribution >= 0.6 is 11.6 Å². The maximum absolute atomic E-state index is 11.9. The normalized spacial score (nSPS) is 11.8. The Morgan fingerprint density at radius 3 is 2.75 bits per heavy atom. The molecule has 0 saturated heterocycles. The molecule has 0 heterocycles. The fourth-order valence-corrected chi connectivity index (χ4v) is 2.17. The summed E-state index contributed by atoms with van der Waals surface area (Å²) in [7, 11) is 3.74. The lowest BCUT2D eigenvalue weighted by molar-refractivity contribution is 0.243. The van der Waals surface area contributed by atoms with E-state index in [1.807, 2.05) is 25.9 Å². The van der Waals surface area contributed by atoms with E-state index in [2.05, 4.69) is 10.6 Å². The smallest absolute Gasteiger partial charge is 0.319 e. The van der Waals surface area contributed by atoms with Crippen molar-refractivity contribution in [3.8, 4) is 0 Å². The van der Waals surface area contributed by atoms with Crippen LogP contribution in [0.3, 0.4) is 0 Å². The number of nitrogens with one attached hydrogen (secondary N) is 2. The molecule has 1 aromatic carbocycles. The van der Waals surface area contributed by atoms with Crippen LogP contribution in [0, 0.1) is 5.92 Å². The minimum Gasteiger partial charge on any atom is -0.396 e. The van der Waals surface area contributed by atoms with E-state index < -0.39 is 0 Å². The molecule has 2 amide bonds. The average Bonchev–Trinajstić information content (AvgIpc) is 2.36. The van der Waals surface area contributed by atoms with Crippen LogP contribution in [0.25, 0.3) is 0 Å². The molecule has 0 aromatic heterocycles. The number of aliphatic hydroxyl groups is 1. The number of nitrogens with zero attached hydrogens (tertiary/aromatic N) is 1. The molecule has 0 aliphatic heterocycles. The molecule has 1 aromatic rings. The van der Waals surface area contributed by atoms with E-state index >= 15 is 0 Å². The Morgan fingerprint density at radius 2 is 2.15 bits per heavy atom. The summed E-state index contributed by atoms with van der Waals surface area (Å²) in [5.41, 5.74) is 1.43. The van der Waals surface area contributed by atoms with Crippen molar-refractivity contribution in [1.29, 1.82) is 0 Å². The summed E-state index contributed by atoms with van der Waals surface area (Å²) in [4.78, 5) is 13.7. The summed E-state index contributed by atoms with van der Waals surface area (Å²) in [5.74, 6) is 0.235. The van der Waals surface area contributed by atoms with Gasteiger partial charge >= 0.3 is 6.03 Å². The van der Waals surface area contributed by atoms with Crippen molar-refractivity contribution in [2.45, 2.75) is 13.3 Å². The molecule has 0 bridgehead atoms. The first-order valence-electron chi connectivity index (χ1n) is 6.57. The molecular formula is C14H22ClN3O2. The number of carbonyl (C=O) groups is 1. The first kappa shape index (κ1) is 16.6. The van der Waals surface area contributed by atoms with Crippen molar-refractivity contribution in [1.82, 2.24) is 5.32 Å². The van der Waals surface area contributed by atoms with Gasteiger partial charge in [0.05, 0.1) is 16.4 Å². The standard InChI is InChI=1S/C14H22ClN3O2/c1-10(7-8-19)9-16-14(20)17-12-6-4-5-11(15)13(12)18(2)3/h4-6,10,19H,7-9H2,1-3H3,(H2,16,17,20). The maximum Gasteiger partial charge on any atom is 0.319 e. The minimum absolute atomic E-state index is 0.129. The van der Waals surface area contributed by atoms with Crippen LogP contribution in [0.1, 0.15) is 13.3 Å². The second kappa shape index (κ2) is 7.97. The van der Waals surface area contributed by atoms with Crippen molar-refractivity contribution in [2.24, 2.45) is 5.92 Å². The number of benzene rings is 1. The summed E-state index contributed by atoms with van der Waals surface area (Å²) in [6.45, 7) is 2.62. The molecule has 0 radical (unpaired) electrons. The van der Waals surface area contributed by atoms with Crippen LogP contribution in [0.2, 0.25) is 5.02 Å². The number of anilines is 2. The molecule has 0 aliphatic rings. The zero-order valence-electron chi connectivity index (χ0n) is 12.1. The van der Waals surface area contributed by atoms with Gasteiger partial charge in [-0.2, -0.15) is 0 Å². The summed E-state index contributed by atoms with van der Waals surface area (Å²) in [6.07, 6.45) is 0.667. The average molecular weight is 300 g/mol. The number of aliphatic hydroxyl groups excluding tert-OH is 1. The van der Waals surface area contributed by atoms with Gasteiger partial charge in [-0.25, -0.2) is 4.79 Å². The van der Waals surface area contributed by atoms with Crippen LogP contribution < -0.4 is 15.5 Å². The third kappa shape index (κ3) is 4.90. The Morgan fingerprint density at radius 1 is 1.45 bits per heavy atom. The number of amides is 2. The quantitative estimate of drug-likeness (QED) is 0.756. The first-order valence-corrected chi connectivity index (χ1v) is 6.95. The first-order chi connectivity index (χ1) is 9.45. The number of urea groups is 1. The van der Waals surface area contributed by atoms with Gasteiger partial charge in [-0.05, 0) is 24.5 Å². The third-order valence-corrected chi connectivity index (χ3v) is 3.22. The summed E-state index contributed by atoms with van der Waals surface area (Å²) < 4.78 is 0. The molecule has 0 saturated carbocycles. The summed E-state index contributed by atoms with van der Waals surface area (Å²) in [6, 6.07) is 5.10. The highest BCUT2D eigenvalue weighted by atomic mass is 35.5. The van der Waals surface area contributed by atoms with Gasteiger partial charge in [0.25, 0.3) is 0 Å². The van der Waals surface area contributed by atoms with Gasteiger partial charge < -0.3 is 20.6 Å². The third-order valence-electron chi connectivity index (χ3n) is 2.92. The van der Waals surface area contributed by atoms with Crippen molar-refractivity contribution in [2.75, 3.05) is 37.5 Å². The van der Waals surface area contributed by atoms with E-state index in [1.54, 1.807) is 18.2 Å². The molecule has 3 N–H and O–H groups in total. The van der Waals surface area contributed by atoms with Gasteiger partial charge in [-0.1, -0.05) is 24.6 Å².